The second-order valence-electron chi connectivity index (χ2n) is 5.33. The molecule has 3 nitrogen and oxygen atoms in total. The molecule has 0 fully saturated rings. The van der Waals surface area contributed by atoms with Crippen LogP contribution in [-0.2, 0) is 13.1 Å². The van der Waals surface area contributed by atoms with E-state index in [1.807, 2.05) is 11.5 Å². The molecule has 0 unspecified atom stereocenters. The van der Waals surface area contributed by atoms with Crippen LogP contribution in [-0.4, -0.2) is 28.0 Å². The van der Waals surface area contributed by atoms with Crippen molar-refractivity contribution < 1.29 is 8.78 Å². The maximum atomic E-state index is 14.0. The van der Waals surface area contributed by atoms with Crippen molar-refractivity contribution in [1.29, 1.82) is 0 Å². The first kappa shape index (κ1) is 13.2. The van der Waals surface area contributed by atoms with Crippen LogP contribution >= 0.6 is 0 Å². The Morgan fingerprint density at radius 3 is 2.80 bits per heavy atom. The minimum Gasteiger partial charge on any atom is -0.326 e. The van der Waals surface area contributed by atoms with Gasteiger partial charge in [0.2, 0.25) is 0 Å². The fourth-order valence-corrected chi connectivity index (χ4v) is 2.76. The molecule has 3 rings (SSSR count). The predicted octanol–water partition coefficient (Wildman–Crippen LogP) is 2.97. The lowest BCUT2D eigenvalue weighted by Gasteiger charge is -2.12. The smallest absolute Gasteiger partial charge is 0.143 e. The zero-order chi connectivity index (χ0) is 14.3. The first-order chi connectivity index (χ1) is 9.56. The van der Waals surface area contributed by atoms with Gasteiger partial charge in [-0.25, -0.2) is 13.8 Å². The molecule has 0 amide bonds. The van der Waals surface area contributed by atoms with Crippen molar-refractivity contribution in [1.82, 2.24) is 14.5 Å². The van der Waals surface area contributed by atoms with Crippen LogP contribution in [0.3, 0.4) is 0 Å². The highest BCUT2D eigenvalue weighted by Crippen LogP contribution is 2.27. The van der Waals surface area contributed by atoms with Gasteiger partial charge in [-0.3, -0.25) is 0 Å². The van der Waals surface area contributed by atoms with E-state index < -0.39 is 11.6 Å². The number of hydrogen-bond donors (Lipinski definition) is 0. The quantitative estimate of drug-likeness (QED) is 0.799. The molecular weight excluding hydrogens is 260 g/mol. The van der Waals surface area contributed by atoms with E-state index >= 15 is 0 Å². The van der Waals surface area contributed by atoms with Gasteiger partial charge in [-0.2, -0.15) is 0 Å². The summed E-state index contributed by atoms with van der Waals surface area (Å²) in [4.78, 5) is 6.69. The van der Waals surface area contributed by atoms with Crippen LogP contribution in [0.1, 0.15) is 17.8 Å². The number of imidazole rings is 1. The third kappa shape index (κ3) is 2.22. The van der Waals surface area contributed by atoms with E-state index in [9.17, 15) is 8.78 Å². The molecule has 0 N–H and O–H groups in total. The summed E-state index contributed by atoms with van der Waals surface area (Å²) in [5, 5.41) is 0. The summed E-state index contributed by atoms with van der Waals surface area (Å²) in [6.07, 6.45) is 0.975. The minimum atomic E-state index is -0.442. The SMILES string of the molecule is Cc1nc(-c2cc(F)ccc2F)n2c1CN(C)CCC2. The highest BCUT2D eigenvalue weighted by molar-refractivity contribution is 5.58. The van der Waals surface area contributed by atoms with Crippen molar-refractivity contribution in [2.45, 2.75) is 26.4 Å². The van der Waals surface area contributed by atoms with Gasteiger partial charge >= 0.3 is 0 Å². The molecule has 0 atom stereocenters. The Balaban J connectivity index is 2.16. The average molecular weight is 277 g/mol. The van der Waals surface area contributed by atoms with Crippen LogP contribution in [0.2, 0.25) is 0 Å². The highest BCUT2D eigenvalue weighted by Gasteiger charge is 2.21. The lowest BCUT2D eigenvalue weighted by molar-refractivity contribution is 0.331. The van der Waals surface area contributed by atoms with Gasteiger partial charge in [0.25, 0.3) is 0 Å². The van der Waals surface area contributed by atoms with Crippen LogP contribution in [0.4, 0.5) is 8.78 Å². The fourth-order valence-electron chi connectivity index (χ4n) is 2.76. The molecule has 1 aromatic carbocycles. The molecule has 0 saturated heterocycles. The van der Waals surface area contributed by atoms with Crippen molar-refractivity contribution in [3.8, 4) is 11.4 Å². The largest absolute Gasteiger partial charge is 0.326 e. The van der Waals surface area contributed by atoms with Gasteiger partial charge in [0.1, 0.15) is 17.5 Å². The number of aromatic nitrogens is 2. The molecule has 0 aliphatic carbocycles. The van der Waals surface area contributed by atoms with E-state index in [4.69, 9.17) is 0 Å². The molecule has 5 heteroatoms. The molecule has 20 heavy (non-hydrogen) atoms. The molecule has 106 valence electrons. The molecule has 2 heterocycles. The number of aryl methyl sites for hydroxylation is 1. The van der Waals surface area contributed by atoms with Gasteiger partial charge in [0.15, 0.2) is 0 Å². The molecule has 1 aromatic heterocycles. The van der Waals surface area contributed by atoms with Gasteiger partial charge in [-0.15, -0.1) is 0 Å². The molecule has 0 saturated carbocycles. The van der Waals surface area contributed by atoms with Crippen LogP contribution in [0, 0.1) is 18.6 Å². The second kappa shape index (κ2) is 4.98. The summed E-state index contributed by atoms with van der Waals surface area (Å²) in [5.41, 5.74) is 2.21. The second-order valence-corrected chi connectivity index (χ2v) is 5.33. The van der Waals surface area contributed by atoms with Crippen molar-refractivity contribution in [3.63, 3.8) is 0 Å². The first-order valence-electron chi connectivity index (χ1n) is 6.76. The van der Waals surface area contributed by atoms with E-state index in [1.54, 1.807) is 0 Å². The van der Waals surface area contributed by atoms with Crippen LogP contribution in [0.5, 0.6) is 0 Å². The summed E-state index contributed by atoms with van der Waals surface area (Å²) in [6, 6.07) is 3.51. The molecule has 0 bridgehead atoms. The Bertz CT molecular complexity index is 649. The van der Waals surface area contributed by atoms with Gasteiger partial charge in [-0.1, -0.05) is 0 Å². The fraction of sp³-hybridized carbons (Fsp3) is 0.400. The van der Waals surface area contributed by atoms with Crippen molar-refractivity contribution >= 4 is 0 Å². The maximum Gasteiger partial charge on any atom is 0.143 e. The molecule has 0 spiro atoms. The standard InChI is InChI=1S/C15H17F2N3/c1-10-14-9-19(2)6-3-7-20(14)15(18-10)12-8-11(16)4-5-13(12)17/h4-5,8H,3,6-7,9H2,1-2H3. The predicted molar refractivity (Wildman–Crippen MR) is 73.3 cm³/mol. The topological polar surface area (TPSA) is 21.1 Å². The maximum absolute atomic E-state index is 14.0. The third-order valence-corrected chi connectivity index (χ3v) is 3.78. The minimum absolute atomic E-state index is 0.240. The molecule has 0 radical (unpaired) electrons. The summed E-state index contributed by atoms with van der Waals surface area (Å²) < 4.78 is 29.4. The summed E-state index contributed by atoms with van der Waals surface area (Å²) >= 11 is 0. The van der Waals surface area contributed by atoms with Gasteiger partial charge in [-0.05, 0) is 45.1 Å². The first-order valence-corrected chi connectivity index (χ1v) is 6.76. The van der Waals surface area contributed by atoms with E-state index in [1.165, 1.54) is 6.07 Å². The van der Waals surface area contributed by atoms with Gasteiger partial charge in [0, 0.05) is 13.1 Å². The Morgan fingerprint density at radius 2 is 2.00 bits per heavy atom. The van der Waals surface area contributed by atoms with Crippen molar-refractivity contribution in [3.05, 3.63) is 41.2 Å². The lowest BCUT2D eigenvalue weighted by Crippen LogP contribution is -2.17. The van der Waals surface area contributed by atoms with Gasteiger partial charge in [0.05, 0.1) is 17.0 Å². The van der Waals surface area contributed by atoms with E-state index in [2.05, 4.69) is 16.9 Å². The number of hydrogen-bond acceptors (Lipinski definition) is 2. The number of fused-ring (bicyclic) bond motifs is 1. The highest BCUT2D eigenvalue weighted by atomic mass is 19.1. The summed E-state index contributed by atoms with van der Waals surface area (Å²) in [6.45, 7) is 4.49. The van der Waals surface area contributed by atoms with E-state index in [0.29, 0.717) is 5.82 Å². The average Bonchev–Trinajstić information content (AvgIpc) is 2.59. The number of nitrogens with zero attached hydrogens (tertiary/aromatic N) is 3. The molecular formula is C15H17F2N3. The number of rotatable bonds is 1. The van der Waals surface area contributed by atoms with E-state index in [0.717, 1.165) is 49.6 Å². The van der Waals surface area contributed by atoms with Crippen LogP contribution in [0.25, 0.3) is 11.4 Å². The normalized spacial score (nSPS) is 16.0. The Kier molecular flexibility index (Phi) is 3.30. The third-order valence-electron chi connectivity index (χ3n) is 3.78. The Hall–Kier alpha value is -1.75. The summed E-state index contributed by atoms with van der Waals surface area (Å²) in [7, 11) is 2.06. The monoisotopic (exact) mass is 277 g/mol. The Morgan fingerprint density at radius 1 is 1.20 bits per heavy atom. The zero-order valence-electron chi connectivity index (χ0n) is 11.7. The Labute approximate surface area is 116 Å². The number of halogens is 2. The molecule has 1 aliphatic rings. The van der Waals surface area contributed by atoms with Crippen molar-refractivity contribution in [2.24, 2.45) is 0 Å². The lowest BCUT2D eigenvalue weighted by atomic mass is 10.2. The molecule has 2 aromatic rings. The van der Waals surface area contributed by atoms with Gasteiger partial charge < -0.3 is 9.47 Å². The summed E-state index contributed by atoms with van der Waals surface area (Å²) in [5.74, 6) is -0.344. The van der Waals surface area contributed by atoms with Crippen LogP contribution in [0.15, 0.2) is 18.2 Å². The van der Waals surface area contributed by atoms with Crippen molar-refractivity contribution in [2.75, 3.05) is 13.6 Å². The number of benzene rings is 1. The molecule has 1 aliphatic heterocycles. The van der Waals surface area contributed by atoms with Crippen LogP contribution < -0.4 is 0 Å². The zero-order valence-corrected chi connectivity index (χ0v) is 11.7. The van der Waals surface area contributed by atoms with E-state index in [-0.39, 0.29) is 5.56 Å².